The van der Waals surface area contributed by atoms with Gasteiger partial charge >= 0.3 is 0 Å². The van der Waals surface area contributed by atoms with Gasteiger partial charge in [0.25, 0.3) is 5.91 Å². The maximum atomic E-state index is 12.5. The molecular weight excluding hydrogens is 332 g/mol. The van der Waals surface area contributed by atoms with Gasteiger partial charge in [-0.3, -0.25) is 14.5 Å². The van der Waals surface area contributed by atoms with E-state index in [9.17, 15) is 9.59 Å². The number of hydrogen-bond donors (Lipinski definition) is 1. The fraction of sp³-hybridized carbons (Fsp3) is 0.421. The topological polar surface area (TPSA) is 78.7 Å². The third-order valence-corrected chi connectivity index (χ3v) is 4.24. The lowest BCUT2D eigenvalue weighted by Crippen LogP contribution is -2.38. The van der Waals surface area contributed by atoms with E-state index in [2.05, 4.69) is 27.5 Å². The lowest BCUT2D eigenvalue weighted by Gasteiger charge is -2.23. The Morgan fingerprint density at radius 2 is 1.88 bits per heavy atom. The van der Waals surface area contributed by atoms with Crippen LogP contribution in [0, 0.1) is 0 Å². The Kier molecular flexibility index (Phi) is 6.91. The lowest BCUT2D eigenvalue weighted by molar-refractivity contribution is -0.121. The highest BCUT2D eigenvalue weighted by atomic mass is 16.5. The summed E-state index contributed by atoms with van der Waals surface area (Å²) in [6.45, 7) is 3.14. The second-order valence-corrected chi connectivity index (χ2v) is 6.48. The number of nitrogens with zero attached hydrogens (tertiary/aromatic N) is 3. The standard InChI is InChI=1S/C19H26N4O3/c1-14(10-18(24)20-2)23(4)19(25)17-11-16(26-21-17)13-22(3)12-15-8-6-5-7-9-15/h5-9,11,14H,10,12-13H2,1-4H3,(H,20,24). The first-order chi connectivity index (χ1) is 12.4. The van der Waals surface area contributed by atoms with Crippen LogP contribution in [0.3, 0.4) is 0 Å². The Morgan fingerprint density at radius 1 is 1.19 bits per heavy atom. The first-order valence-electron chi connectivity index (χ1n) is 8.56. The zero-order valence-corrected chi connectivity index (χ0v) is 15.7. The molecule has 7 heteroatoms. The number of carbonyl (C=O) groups is 2. The zero-order valence-electron chi connectivity index (χ0n) is 15.7. The Bertz CT molecular complexity index is 729. The van der Waals surface area contributed by atoms with E-state index < -0.39 is 0 Å². The molecule has 26 heavy (non-hydrogen) atoms. The minimum atomic E-state index is -0.262. The second-order valence-electron chi connectivity index (χ2n) is 6.48. The van der Waals surface area contributed by atoms with Crippen LogP contribution >= 0.6 is 0 Å². The maximum Gasteiger partial charge on any atom is 0.276 e. The molecule has 2 amide bonds. The summed E-state index contributed by atoms with van der Waals surface area (Å²) in [6.07, 6.45) is 0.239. The van der Waals surface area contributed by atoms with E-state index in [0.29, 0.717) is 12.3 Å². The van der Waals surface area contributed by atoms with E-state index in [1.165, 1.54) is 10.5 Å². The molecule has 0 saturated heterocycles. The molecule has 1 atom stereocenters. The molecule has 0 aliphatic carbocycles. The third kappa shape index (κ3) is 5.42. The van der Waals surface area contributed by atoms with Gasteiger partial charge < -0.3 is 14.7 Å². The van der Waals surface area contributed by atoms with Crippen molar-refractivity contribution in [2.24, 2.45) is 0 Å². The van der Waals surface area contributed by atoms with Crippen LogP contribution in [-0.2, 0) is 17.9 Å². The van der Waals surface area contributed by atoms with Crippen LogP contribution in [0.4, 0.5) is 0 Å². The normalized spacial score (nSPS) is 12.0. The number of benzene rings is 1. The SMILES string of the molecule is CNC(=O)CC(C)N(C)C(=O)c1cc(CN(C)Cc2ccccc2)on1. The summed E-state index contributed by atoms with van der Waals surface area (Å²) in [5.41, 5.74) is 1.45. The van der Waals surface area contributed by atoms with Gasteiger partial charge in [-0.2, -0.15) is 0 Å². The van der Waals surface area contributed by atoms with Crippen molar-refractivity contribution < 1.29 is 14.1 Å². The molecular formula is C19H26N4O3. The molecule has 1 heterocycles. The van der Waals surface area contributed by atoms with Gasteiger partial charge in [0.05, 0.1) is 6.54 Å². The van der Waals surface area contributed by atoms with Crippen LogP contribution in [0.5, 0.6) is 0 Å². The number of hydrogen-bond acceptors (Lipinski definition) is 5. The van der Waals surface area contributed by atoms with E-state index >= 15 is 0 Å². The molecule has 0 spiro atoms. The second kappa shape index (κ2) is 9.15. The first-order valence-corrected chi connectivity index (χ1v) is 8.56. The van der Waals surface area contributed by atoms with Crippen molar-refractivity contribution in [3.63, 3.8) is 0 Å². The van der Waals surface area contributed by atoms with Crippen molar-refractivity contribution in [2.45, 2.75) is 32.5 Å². The Hall–Kier alpha value is -2.67. The summed E-state index contributed by atoms with van der Waals surface area (Å²) in [5.74, 6) is 0.252. The molecule has 2 aromatic rings. The third-order valence-electron chi connectivity index (χ3n) is 4.24. The Balaban J connectivity index is 1.93. The molecule has 0 bridgehead atoms. The summed E-state index contributed by atoms with van der Waals surface area (Å²) in [7, 11) is 5.22. The van der Waals surface area contributed by atoms with E-state index in [4.69, 9.17) is 4.52 Å². The monoisotopic (exact) mass is 358 g/mol. The van der Waals surface area contributed by atoms with Gasteiger partial charge in [0.15, 0.2) is 11.5 Å². The van der Waals surface area contributed by atoms with Gasteiger partial charge in [0, 0.05) is 39.2 Å². The molecule has 0 aliphatic rings. The molecule has 1 N–H and O–H groups in total. The number of amides is 2. The van der Waals surface area contributed by atoms with Gasteiger partial charge in [-0.25, -0.2) is 0 Å². The molecule has 0 fully saturated rings. The average Bonchev–Trinajstić information content (AvgIpc) is 3.09. The highest BCUT2D eigenvalue weighted by molar-refractivity contribution is 5.92. The Morgan fingerprint density at radius 3 is 2.54 bits per heavy atom. The van der Waals surface area contributed by atoms with E-state index in [1.54, 1.807) is 20.2 Å². The maximum absolute atomic E-state index is 12.5. The molecule has 1 unspecified atom stereocenters. The quantitative estimate of drug-likeness (QED) is 0.780. The molecule has 0 radical (unpaired) electrons. The van der Waals surface area contributed by atoms with Crippen LogP contribution in [-0.4, -0.2) is 54.0 Å². The summed E-state index contributed by atoms with van der Waals surface area (Å²) in [6, 6.07) is 11.5. The Labute approximate surface area is 153 Å². The molecule has 1 aromatic carbocycles. The van der Waals surface area contributed by atoms with Crippen LogP contribution in [0.25, 0.3) is 0 Å². The van der Waals surface area contributed by atoms with Gasteiger partial charge in [-0.15, -0.1) is 0 Å². The predicted octanol–water partition coefficient (Wildman–Crippen LogP) is 1.90. The fourth-order valence-electron chi connectivity index (χ4n) is 2.59. The van der Waals surface area contributed by atoms with E-state index in [1.807, 2.05) is 32.2 Å². The highest BCUT2D eigenvalue weighted by Gasteiger charge is 2.22. The zero-order chi connectivity index (χ0) is 19.1. The minimum absolute atomic E-state index is 0.111. The largest absolute Gasteiger partial charge is 0.359 e. The van der Waals surface area contributed by atoms with Crippen LogP contribution in [0.15, 0.2) is 40.9 Å². The summed E-state index contributed by atoms with van der Waals surface area (Å²) < 4.78 is 5.31. The number of rotatable bonds is 8. The van der Waals surface area contributed by atoms with Crippen molar-refractivity contribution in [1.82, 2.24) is 20.3 Å². The number of aromatic nitrogens is 1. The van der Waals surface area contributed by atoms with Crippen LogP contribution in [0.1, 0.15) is 35.2 Å². The molecule has 1 aromatic heterocycles. The van der Waals surface area contributed by atoms with Crippen molar-refractivity contribution in [1.29, 1.82) is 0 Å². The van der Waals surface area contributed by atoms with Crippen molar-refractivity contribution in [3.8, 4) is 0 Å². The van der Waals surface area contributed by atoms with E-state index in [0.717, 1.165) is 6.54 Å². The molecule has 7 nitrogen and oxygen atoms in total. The molecule has 0 aliphatic heterocycles. The predicted molar refractivity (Wildman–Crippen MR) is 98.4 cm³/mol. The van der Waals surface area contributed by atoms with Gasteiger partial charge in [0.1, 0.15) is 0 Å². The number of carbonyl (C=O) groups excluding carboxylic acids is 2. The fourth-order valence-corrected chi connectivity index (χ4v) is 2.59. The lowest BCUT2D eigenvalue weighted by atomic mass is 10.2. The van der Waals surface area contributed by atoms with Crippen molar-refractivity contribution >= 4 is 11.8 Å². The summed E-state index contributed by atoms with van der Waals surface area (Å²) in [5, 5.41) is 6.44. The molecule has 0 saturated carbocycles. The van der Waals surface area contributed by atoms with Crippen LogP contribution < -0.4 is 5.32 Å². The van der Waals surface area contributed by atoms with Gasteiger partial charge in [0.2, 0.25) is 5.91 Å². The molecule has 2 rings (SSSR count). The summed E-state index contributed by atoms with van der Waals surface area (Å²) in [4.78, 5) is 27.6. The summed E-state index contributed by atoms with van der Waals surface area (Å²) >= 11 is 0. The van der Waals surface area contributed by atoms with Crippen molar-refractivity contribution in [2.75, 3.05) is 21.1 Å². The smallest absolute Gasteiger partial charge is 0.276 e. The average molecular weight is 358 g/mol. The first kappa shape index (κ1) is 19.7. The van der Waals surface area contributed by atoms with Crippen LogP contribution in [0.2, 0.25) is 0 Å². The highest BCUT2D eigenvalue weighted by Crippen LogP contribution is 2.13. The minimum Gasteiger partial charge on any atom is -0.359 e. The molecule has 140 valence electrons. The van der Waals surface area contributed by atoms with Gasteiger partial charge in [-0.1, -0.05) is 35.5 Å². The van der Waals surface area contributed by atoms with E-state index in [-0.39, 0.29) is 30.0 Å². The number of nitrogens with one attached hydrogen (secondary N) is 1. The van der Waals surface area contributed by atoms with Gasteiger partial charge in [-0.05, 0) is 19.5 Å². The van der Waals surface area contributed by atoms with Crippen molar-refractivity contribution in [3.05, 3.63) is 53.4 Å².